The first-order valence-electron chi connectivity index (χ1n) is 5.68. The molecule has 1 rings (SSSR count). The molecule has 0 amide bonds. The van der Waals surface area contributed by atoms with Crippen molar-refractivity contribution < 1.29 is 18.1 Å². The molecule has 1 aromatic rings. The van der Waals surface area contributed by atoms with Crippen LogP contribution in [0.2, 0.25) is 0 Å². The first kappa shape index (κ1) is 16.8. The van der Waals surface area contributed by atoms with Crippen LogP contribution in [-0.4, -0.2) is 51.5 Å². The Bertz CT molecular complexity index is 584. The van der Waals surface area contributed by atoms with Gasteiger partial charge in [-0.05, 0) is 6.92 Å². The number of likely N-dealkylation sites (N-methyl/N-ethyl adjacent to an activating group) is 1. The summed E-state index contributed by atoms with van der Waals surface area (Å²) in [7, 11) is 0.627. The average molecular weight is 323 g/mol. The van der Waals surface area contributed by atoms with Crippen LogP contribution in [-0.2, 0) is 14.8 Å². The molecule has 0 aliphatic rings. The maximum Gasteiger partial charge on any atom is 0.304 e. The van der Waals surface area contributed by atoms with Gasteiger partial charge in [-0.15, -0.1) is 0 Å². The number of rotatable bonds is 7. The summed E-state index contributed by atoms with van der Waals surface area (Å²) >= 11 is 0.835. The second-order valence-electron chi connectivity index (χ2n) is 4.11. The van der Waals surface area contributed by atoms with Crippen LogP contribution in [0.3, 0.4) is 0 Å². The minimum atomic E-state index is -3.78. The van der Waals surface area contributed by atoms with Crippen LogP contribution in [0.25, 0.3) is 0 Å². The minimum absolute atomic E-state index is 0.0704. The Kier molecular flexibility index (Phi) is 5.45. The van der Waals surface area contributed by atoms with Crippen molar-refractivity contribution in [2.75, 3.05) is 33.1 Å². The third-order valence-electron chi connectivity index (χ3n) is 2.78. The van der Waals surface area contributed by atoms with Gasteiger partial charge in [-0.3, -0.25) is 10.1 Å². The predicted octanol–water partition coefficient (Wildman–Crippen LogP) is 1.35. The number of nitrogens with one attached hydrogen (secondary N) is 1. The Morgan fingerprint density at radius 2 is 2.20 bits per heavy atom. The van der Waals surface area contributed by atoms with E-state index in [1.54, 1.807) is 6.92 Å². The predicted molar refractivity (Wildman–Crippen MR) is 76.8 cm³/mol. The lowest BCUT2D eigenvalue weighted by atomic mass is 10.4. The van der Waals surface area contributed by atoms with Crippen molar-refractivity contribution in [2.24, 2.45) is 0 Å². The summed E-state index contributed by atoms with van der Waals surface area (Å²) in [5.41, 5.74) is -0.246. The molecule has 1 heterocycles. The van der Waals surface area contributed by atoms with E-state index in [9.17, 15) is 18.5 Å². The van der Waals surface area contributed by atoms with E-state index in [2.05, 4.69) is 5.32 Å². The molecule has 0 spiro atoms. The van der Waals surface area contributed by atoms with Crippen LogP contribution >= 0.6 is 11.3 Å². The smallest absolute Gasteiger partial charge is 0.304 e. The molecule has 1 aromatic heterocycles. The molecule has 0 aliphatic heterocycles. The summed E-state index contributed by atoms with van der Waals surface area (Å²) in [5, 5.41) is 13.7. The van der Waals surface area contributed by atoms with Gasteiger partial charge in [0.15, 0.2) is 5.00 Å². The van der Waals surface area contributed by atoms with Crippen molar-refractivity contribution in [3.63, 3.8) is 0 Å². The lowest BCUT2D eigenvalue weighted by Gasteiger charge is -2.22. The van der Waals surface area contributed by atoms with Gasteiger partial charge in [0.1, 0.15) is 4.21 Å². The van der Waals surface area contributed by atoms with E-state index in [4.69, 9.17) is 4.74 Å². The van der Waals surface area contributed by atoms with Crippen molar-refractivity contribution in [2.45, 2.75) is 17.2 Å². The Balaban J connectivity index is 3.19. The van der Waals surface area contributed by atoms with Crippen molar-refractivity contribution in [1.82, 2.24) is 4.31 Å². The molecule has 20 heavy (non-hydrogen) atoms. The van der Waals surface area contributed by atoms with Crippen LogP contribution in [0, 0.1) is 10.1 Å². The average Bonchev–Trinajstić information content (AvgIpc) is 2.82. The van der Waals surface area contributed by atoms with Crippen LogP contribution in [0.5, 0.6) is 0 Å². The molecule has 0 bridgehead atoms. The molecule has 114 valence electrons. The zero-order valence-electron chi connectivity index (χ0n) is 11.6. The molecule has 1 N–H and O–H groups in total. The Hall–Kier alpha value is -1.23. The number of hydrogen-bond donors (Lipinski definition) is 1. The monoisotopic (exact) mass is 323 g/mol. The summed E-state index contributed by atoms with van der Waals surface area (Å²) in [6.45, 7) is 1.93. The Morgan fingerprint density at radius 3 is 2.60 bits per heavy atom. The molecule has 0 saturated heterocycles. The first-order valence-corrected chi connectivity index (χ1v) is 7.94. The van der Waals surface area contributed by atoms with E-state index in [1.807, 2.05) is 0 Å². The molecule has 0 saturated carbocycles. The molecule has 0 aromatic carbocycles. The van der Waals surface area contributed by atoms with Crippen LogP contribution in [0.15, 0.2) is 10.3 Å². The highest BCUT2D eigenvalue weighted by Gasteiger charge is 2.31. The van der Waals surface area contributed by atoms with Gasteiger partial charge in [0.25, 0.3) is 10.0 Å². The molecule has 0 fully saturated rings. The number of methoxy groups -OCH3 is 1. The first-order chi connectivity index (χ1) is 9.25. The third-order valence-corrected chi connectivity index (χ3v) is 6.34. The minimum Gasteiger partial charge on any atom is -0.383 e. The fourth-order valence-corrected chi connectivity index (χ4v) is 4.34. The molecular weight excluding hydrogens is 306 g/mol. The van der Waals surface area contributed by atoms with Crippen molar-refractivity contribution in [3.8, 4) is 0 Å². The third kappa shape index (κ3) is 3.26. The van der Waals surface area contributed by atoms with Crippen LogP contribution in [0.1, 0.15) is 6.92 Å². The number of thiophene rings is 1. The topological polar surface area (TPSA) is 102 Å². The van der Waals surface area contributed by atoms with E-state index in [1.165, 1.54) is 21.2 Å². The standard InChI is InChI=1S/C10H17N3O5S2/c1-7(6-18-4)12(3)20(16,17)9-5-8(13(14)15)10(11-2)19-9/h5,7,11H,6H2,1-4H3. The zero-order valence-corrected chi connectivity index (χ0v) is 13.2. The number of nitro groups is 1. The van der Waals surface area contributed by atoms with Crippen LogP contribution in [0.4, 0.5) is 10.7 Å². The maximum absolute atomic E-state index is 12.4. The number of anilines is 1. The summed E-state index contributed by atoms with van der Waals surface area (Å²) in [6.07, 6.45) is 0. The number of sulfonamides is 1. The second kappa shape index (κ2) is 6.48. The van der Waals surface area contributed by atoms with Gasteiger partial charge in [-0.1, -0.05) is 11.3 Å². The normalized spacial score (nSPS) is 13.4. The molecular formula is C10H17N3O5S2. The Morgan fingerprint density at radius 1 is 1.60 bits per heavy atom. The van der Waals surface area contributed by atoms with Crippen molar-refractivity contribution >= 4 is 32.0 Å². The SMILES string of the molecule is CNc1sc(S(=O)(=O)N(C)C(C)COC)cc1[N+](=O)[O-]. The molecule has 0 radical (unpaired) electrons. The lowest BCUT2D eigenvalue weighted by Crippen LogP contribution is -2.37. The maximum atomic E-state index is 12.4. The highest BCUT2D eigenvalue weighted by Crippen LogP contribution is 2.37. The molecule has 1 atom stereocenters. The van der Waals surface area contributed by atoms with Gasteiger partial charge in [0, 0.05) is 33.3 Å². The summed E-state index contributed by atoms with van der Waals surface area (Å²) < 4.78 is 30.8. The highest BCUT2D eigenvalue weighted by molar-refractivity contribution is 7.91. The van der Waals surface area contributed by atoms with Gasteiger partial charge in [-0.2, -0.15) is 4.31 Å². The van der Waals surface area contributed by atoms with E-state index in [0.717, 1.165) is 21.7 Å². The van der Waals surface area contributed by atoms with Gasteiger partial charge in [0.05, 0.1) is 11.5 Å². The number of nitrogens with zero attached hydrogens (tertiary/aromatic N) is 2. The molecule has 0 aliphatic carbocycles. The molecule has 8 nitrogen and oxygen atoms in total. The van der Waals surface area contributed by atoms with E-state index >= 15 is 0 Å². The van der Waals surface area contributed by atoms with Gasteiger partial charge < -0.3 is 10.1 Å². The van der Waals surface area contributed by atoms with Crippen molar-refractivity contribution in [3.05, 3.63) is 16.2 Å². The van der Waals surface area contributed by atoms with Gasteiger partial charge in [-0.25, -0.2) is 8.42 Å². The van der Waals surface area contributed by atoms with E-state index < -0.39 is 14.9 Å². The van der Waals surface area contributed by atoms with Crippen molar-refractivity contribution in [1.29, 1.82) is 0 Å². The fraction of sp³-hybridized carbons (Fsp3) is 0.600. The fourth-order valence-electron chi connectivity index (χ4n) is 1.53. The molecule has 1 unspecified atom stereocenters. The Labute approximate surface area is 121 Å². The molecule has 10 heteroatoms. The van der Waals surface area contributed by atoms with Gasteiger partial charge in [0.2, 0.25) is 0 Å². The van der Waals surface area contributed by atoms with Gasteiger partial charge >= 0.3 is 5.69 Å². The van der Waals surface area contributed by atoms with E-state index in [0.29, 0.717) is 0 Å². The quantitative estimate of drug-likeness (QED) is 0.600. The summed E-state index contributed by atoms with van der Waals surface area (Å²) in [5.74, 6) is 0. The summed E-state index contributed by atoms with van der Waals surface area (Å²) in [4.78, 5) is 10.3. The van der Waals surface area contributed by atoms with E-state index in [-0.39, 0.29) is 27.5 Å². The second-order valence-corrected chi connectivity index (χ2v) is 7.39. The largest absolute Gasteiger partial charge is 0.383 e. The summed E-state index contributed by atoms with van der Waals surface area (Å²) in [6, 6.07) is 0.700. The number of hydrogen-bond acceptors (Lipinski definition) is 7. The highest BCUT2D eigenvalue weighted by atomic mass is 32.2. The number of ether oxygens (including phenoxy) is 1. The zero-order chi connectivity index (χ0) is 15.5. The lowest BCUT2D eigenvalue weighted by molar-refractivity contribution is -0.383. The van der Waals surface area contributed by atoms with Crippen LogP contribution < -0.4 is 5.32 Å².